The van der Waals surface area contributed by atoms with Gasteiger partial charge in [-0.3, -0.25) is 9.79 Å². The van der Waals surface area contributed by atoms with Gasteiger partial charge in [-0.1, -0.05) is 18.2 Å². The summed E-state index contributed by atoms with van der Waals surface area (Å²) in [6.45, 7) is 0. The fourth-order valence-corrected chi connectivity index (χ4v) is 3.44. The fraction of sp³-hybridized carbons (Fsp3) is 0.0500. The van der Waals surface area contributed by atoms with Crippen LogP contribution in [0.1, 0.15) is 5.56 Å². The van der Waals surface area contributed by atoms with E-state index in [1.165, 1.54) is 15.9 Å². The van der Waals surface area contributed by atoms with E-state index in [4.69, 9.17) is 4.74 Å². The molecule has 0 amide bonds. The Balaban J connectivity index is 1.91. The van der Waals surface area contributed by atoms with Gasteiger partial charge in [-0.15, -0.1) is 11.3 Å². The molecule has 0 aliphatic carbocycles. The smallest absolute Gasteiger partial charge is 0.267 e. The van der Waals surface area contributed by atoms with Crippen molar-refractivity contribution in [3.05, 3.63) is 76.0 Å². The Morgan fingerprint density at radius 2 is 1.89 bits per heavy atom. The van der Waals surface area contributed by atoms with Gasteiger partial charge in [-0.2, -0.15) is 0 Å². The van der Waals surface area contributed by atoms with Crippen LogP contribution in [0.15, 0.2) is 69.9 Å². The van der Waals surface area contributed by atoms with E-state index in [1.807, 2.05) is 18.2 Å². The Bertz CT molecular complexity index is 1180. The Kier molecular flexibility index (Phi) is 4.43. The summed E-state index contributed by atoms with van der Waals surface area (Å²) in [5.74, 6) is 0.547. The van der Waals surface area contributed by atoms with Gasteiger partial charge in [0.25, 0.3) is 5.56 Å². The number of aromatic nitrogens is 2. The molecule has 1 N–H and O–H groups in total. The van der Waals surface area contributed by atoms with Crippen molar-refractivity contribution in [3.63, 3.8) is 0 Å². The third kappa shape index (κ3) is 3.09. The van der Waals surface area contributed by atoms with Crippen LogP contribution in [-0.2, 0) is 0 Å². The number of hydrogen-bond donors (Lipinski definition) is 1. The summed E-state index contributed by atoms with van der Waals surface area (Å²) < 4.78 is 6.35. The normalized spacial score (nSPS) is 11.3. The number of benzene rings is 2. The van der Waals surface area contributed by atoms with Crippen molar-refractivity contribution in [1.82, 2.24) is 9.55 Å². The minimum Gasteiger partial charge on any atom is -0.497 e. The molecule has 134 valence electrons. The van der Waals surface area contributed by atoms with Crippen molar-refractivity contribution < 1.29 is 9.84 Å². The summed E-state index contributed by atoms with van der Waals surface area (Å²) in [4.78, 5) is 21.5. The molecule has 0 unspecified atom stereocenters. The van der Waals surface area contributed by atoms with Crippen molar-refractivity contribution in [2.75, 3.05) is 7.11 Å². The van der Waals surface area contributed by atoms with Crippen LogP contribution in [0.2, 0.25) is 0 Å². The molecule has 6 nitrogen and oxygen atoms in total. The summed E-state index contributed by atoms with van der Waals surface area (Å²) in [6, 6.07) is 14.4. The van der Waals surface area contributed by atoms with E-state index in [0.717, 1.165) is 5.75 Å². The van der Waals surface area contributed by atoms with Crippen LogP contribution >= 0.6 is 11.3 Å². The highest BCUT2D eigenvalue weighted by molar-refractivity contribution is 7.12. The van der Waals surface area contributed by atoms with Gasteiger partial charge in [0, 0.05) is 28.6 Å². The van der Waals surface area contributed by atoms with Crippen molar-refractivity contribution in [2.45, 2.75) is 0 Å². The standard InChI is InChI=1S/C20H15N3O3S/c1-26-14-8-6-13(7-9-14)22-12-17-15-4-2-3-5-16(15)18(24)23(19(17)25)20-21-10-11-27-20/h2-12,25H,1H3. The molecule has 2 heterocycles. The highest BCUT2D eigenvalue weighted by Gasteiger charge is 2.17. The molecule has 0 radical (unpaired) electrons. The average Bonchev–Trinajstić information content (AvgIpc) is 3.23. The van der Waals surface area contributed by atoms with Gasteiger partial charge in [0.2, 0.25) is 5.88 Å². The molecule has 0 saturated carbocycles. The number of methoxy groups -OCH3 is 1. The first-order chi connectivity index (χ1) is 13.2. The molecule has 27 heavy (non-hydrogen) atoms. The van der Waals surface area contributed by atoms with E-state index in [9.17, 15) is 9.90 Å². The highest BCUT2D eigenvalue weighted by atomic mass is 32.1. The topological polar surface area (TPSA) is 76.7 Å². The molecule has 0 atom stereocenters. The molecule has 0 fully saturated rings. The van der Waals surface area contributed by atoms with Crippen molar-refractivity contribution in [2.24, 2.45) is 4.99 Å². The quantitative estimate of drug-likeness (QED) is 0.547. The number of fused-ring (bicyclic) bond motifs is 1. The summed E-state index contributed by atoms with van der Waals surface area (Å²) in [6.07, 6.45) is 3.15. The van der Waals surface area contributed by atoms with Crippen LogP contribution in [0, 0.1) is 0 Å². The number of nitrogens with zero attached hydrogens (tertiary/aromatic N) is 3. The maximum Gasteiger partial charge on any atom is 0.267 e. The van der Waals surface area contributed by atoms with Gasteiger partial charge in [-0.25, -0.2) is 9.55 Å². The first-order valence-corrected chi connectivity index (χ1v) is 9.01. The van der Waals surface area contributed by atoms with Gasteiger partial charge in [0.15, 0.2) is 5.13 Å². The Labute approximate surface area is 158 Å². The van der Waals surface area contributed by atoms with E-state index >= 15 is 0 Å². The number of hydrogen-bond acceptors (Lipinski definition) is 6. The van der Waals surface area contributed by atoms with Gasteiger partial charge in [-0.05, 0) is 30.3 Å². The fourth-order valence-electron chi connectivity index (χ4n) is 2.80. The van der Waals surface area contributed by atoms with Crippen LogP contribution in [-0.4, -0.2) is 28.0 Å². The van der Waals surface area contributed by atoms with Crippen LogP contribution in [0.5, 0.6) is 11.6 Å². The monoisotopic (exact) mass is 377 g/mol. The zero-order valence-corrected chi connectivity index (χ0v) is 15.2. The molecule has 0 spiro atoms. The van der Waals surface area contributed by atoms with Crippen LogP contribution < -0.4 is 10.3 Å². The van der Waals surface area contributed by atoms with E-state index < -0.39 is 0 Å². The minimum atomic E-state index is -0.320. The Morgan fingerprint density at radius 1 is 1.15 bits per heavy atom. The molecule has 0 bridgehead atoms. The second-order valence-electron chi connectivity index (χ2n) is 5.69. The van der Waals surface area contributed by atoms with Crippen LogP contribution in [0.3, 0.4) is 0 Å². The largest absolute Gasteiger partial charge is 0.497 e. The summed E-state index contributed by atoms with van der Waals surface area (Å²) in [5, 5.41) is 14.1. The molecular formula is C20H15N3O3S. The molecular weight excluding hydrogens is 362 g/mol. The van der Waals surface area contributed by atoms with Gasteiger partial charge in [0.05, 0.1) is 18.4 Å². The van der Waals surface area contributed by atoms with Gasteiger partial charge in [0.1, 0.15) is 5.75 Å². The number of ether oxygens (including phenoxy) is 1. The lowest BCUT2D eigenvalue weighted by molar-refractivity contribution is 0.415. The predicted octanol–water partition coefficient (Wildman–Crippen LogP) is 3.91. The van der Waals surface area contributed by atoms with E-state index in [-0.39, 0.29) is 11.4 Å². The predicted molar refractivity (Wildman–Crippen MR) is 107 cm³/mol. The summed E-state index contributed by atoms with van der Waals surface area (Å²) >= 11 is 1.27. The lowest BCUT2D eigenvalue weighted by atomic mass is 10.1. The molecule has 7 heteroatoms. The maximum atomic E-state index is 12.9. The van der Waals surface area contributed by atoms with E-state index in [0.29, 0.717) is 27.2 Å². The van der Waals surface area contributed by atoms with E-state index in [2.05, 4.69) is 9.98 Å². The van der Waals surface area contributed by atoms with E-state index in [1.54, 1.807) is 55.2 Å². The van der Waals surface area contributed by atoms with Crippen LogP contribution in [0.4, 0.5) is 5.69 Å². The Hall–Kier alpha value is -3.45. The lowest BCUT2D eigenvalue weighted by Gasteiger charge is -2.11. The van der Waals surface area contributed by atoms with Crippen molar-refractivity contribution in [1.29, 1.82) is 0 Å². The third-order valence-electron chi connectivity index (χ3n) is 4.13. The lowest BCUT2D eigenvalue weighted by Crippen LogP contribution is -2.19. The molecule has 0 aliphatic heterocycles. The van der Waals surface area contributed by atoms with Gasteiger partial charge < -0.3 is 9.84 Å². The van der Waals surface area contributed by atoms with Crippen molar-refractivity contribution in [3.8, 4) is 16.8 Å². The minimum absolute atomic E-state index is 0.189. The number of rotatable bonds is 4. The molecule has 0 saturated heterocycles. The Morgan fingerprint density at radius 3 is 2.56 bits per heavy atom. The highest BCUT2D eigenvalue weighted by Crippen LogP contribution is 2.27. The number of pyridine rings is 1. The second-order valence-corrected chi connectivity index (χ2v) is 6.57. The average molecular weight is 377 g/mol. The first-order valence-electron chi connectivity index (χ1n) is 8.14. The number of aliphatic imine (C=N–C) groups is 1. The zero-order chi connectivity index (χ0) is 18.8. The molecule has 2 aromatic heterocycles. The summed E-state index contributed by atoms with van der Waals surface area (Å²) in [5.41, 5.74) is 0.835. The van der Waals surface area contributed by atoms with Crippen LogP contribution in [0.25, 0.3) is 15.9 Å². The molecule has 2 aromatic carbocycles. The summed E-state index contributed by atoms with van der Waals surface area (Å²) in [7, 11) is 1.60. The SMILES string of the molecule is COc1ccc(N=Cc2c(O)n(-c3nccs3)c(=O)c3ccccc23)cc1. The second kappa shape index (κ2) is 7.05. The molecule has 0 aliphatic rings. The zero-order valence-electron chi connectivity index (χ0n) is 14.4. The molecule has 4 aromatic rings. The number of thiazole rings is 1. The van der Waals surface area contributed by atoms with Gasteiger partial charge >= 0.3 is 0 Å². The maximum absolute atomic E-state index is 12.9. The third-order valence-corrected chi connectivity index (χ3v) is 4.89. The first kappa shape index (κ1) is 17.0. The molecule has 4 rings (SSSR count). The van der Waals surface area contributed by atoms with Crippen molar-refractivity contribution >= 4 is 34.0 Å². The number of aromatic hydroxyl groups is 1.